The molecule has 94 valence electrons. The minimum atomic E-state index is -0.0373. The molecule has 0 fully saturated rings. The topological polar surface area (TPSA) is 29.5 Å². The van der Waals surface area contributed by atoms with Gasteiger partial charge in [0.05, 0.1) is 6.61 Å². The molecular weight excluding hydrogens is 248 g/mol. The van der Waals surface area contributed by atoms with Crippen LogP contribution in [-0.2, 0) is 13.0 Å². The normalized spacial score (nSPS) is 10.4. The number of aryl methyl sites for hydroxylation is 1. The summed E-state index contributed by atoms with van der Waals surface area (Å²) in [5.41, 5.74) is 1.82. The molecule has 0 aliphatic rings. The molecule has 1 N–H and O–H groups in total. The van der Waals surface area contributed by atoms with Crippen LogP contribution < -0.4 is 4.74 Å². The second kappa shape index (κ2) is 5.89. The maximum atomic E-state index is 9.24. The van der Waals surface area contributed by atoms with E-state index < -0.39 is 0 Å². The van der Waals surface area contributed by atoms with E-state index in [1.54, 1.807) is 0 Å². The van der Waals surface area contributed by atoms with Gasteiger partial charge in [-0.15, -0.1) is 0 Å². The molecule has 0 atom stereocenters. The van der Waals surface area contributed by atoms with Crippen LogP contribution in [0.15, 0.2) is 42.5 Å². The molecule has 0 spiro atoms. The van der Waals surface area contributed by atoms with Crippen molar-refractivity contribution in [3.8, 4) is 11.5 Å². The molecule has 0 bridgehead atoms. The molecule has 0 heterocycles. The van der Waals surface area contributed by atoms with E-state index in [-0.39, 0.29) is 6.61 Å². The van der Waals surface area contributed by atoms with Gasteiger partial charge in [0, 0.05) is 10.6 Å². The highest BCUT2D eigenvalue weighted by atomic mass is 35.5. The van der Waals surface area contributed by atoms with Crippen molar-refractivity contribution in [2.75, 3.05) is 0 Å². The van der Waals surface area contributed by atoms with Gasteiger partial charge in [0.2, 0.25) is 0 Å². The Kier molecular flexibility index (Phi) is 4.24. The molecule has 0 radical (unpaired) electrons. The SMILES string of the molecule is CCc1cc(Oc2ccccc2CO)ccc1Cl. The Hall–Kier alpha value is -1.51. The van der Waals surface area contributed by atoms with Crippen molar-refractivity contribution in [3.63, 3.8) is 0 Å². The van der Waals surface area contributed by atoms with Crippen molar-refractivity contribution in [2.24, 2.45) is 0 Å². The van der Waals surface area contributed by atoms with E-state index in [0.717, 1.165) is 28.3 Å². The minimum Gasteiger partial charge on any atom is -0.457 e. The Morgan fingerprint density at radius 2 is 1.89 bits per heavy atom. The smallest absolute Gasteiger partial charge is 0.132 e. The third-order valence-corrected chi connectivity index (χ3v) is 3.14. The zero-order chi connectivity index (χ0) is 13.0. The van der Waals surface area contributed by atoms with E-state index in [0.29, 0.717) is 5.75 Å². The van der Waals surface area contributed by atoms with E-state index in [9.17, 15) is 5.11 Å². The lowest BCUT2D eigenvalue weighted by Crippen LogP contribution is -1.92. The summed E-state index contributed by atoms with van der Waals surface area (Å²) < 4.78 is 5.78. The second-order valence-electron chi connectivity index (χ2n) is 3.97. The van der Waals surface area contributed by atoms with Gasteiger partial charge < -0.3 is 9.84 Å². The van der Waals surface area contributed by atoms with Crippen LogP contribution in [0.4, 0.5) is 0 Å². The Bertz CT molecular complexity index is 538. The Morgan fingerprint density at radius 1 is 1.11 bits per heavy atom. The van der Waals surface area contributed by atoms with Crippen LogP contribution in [0.25, 0.3) is 0 Å². The van der Waals surface area contributed by atoms with Gasteiger partial charge in [-0.3, -0.25) is 0 Å². The third-order valence-electron chi connectivity index (χ3n) is 2.77. The van der Waals surface area contributed by atoms with Crippen molar-refractivity contribution in [1.82, 2.24) is 0 Å². The Balaban J connectivity index is 2.28. The first-order valence-electron chi connectivity index (χ1n) is 5.89. The molecule has 0 aliphatic heterocycles. The minimum absolute atomic E-state index is 0.0373. The fraction of sp³-hybridized carbons (Fsp3) is 0.200. The van der Waals surface area contributed by atoms with Crippen molar-refractivity contribution in [1.29, 1.82) is 0 Å². The van der Waals surface area contributed by atoms with Crippen LogP contribution in [0.2, 0.25) is 5.02 Å². The fourth-order valence-electron chi connectivity index (χ4n) is 1.75. The number of aliphatic hydroxyl groups excluding tert-OH is 1. The molecule has 0 saturated heterocycles. The number of benzene rings is 2. The van der Waals surface area contributed by atoms with E-state index in [1.165, 1.54) is 0 Å². The van der Waals surface area contributed by atoms with Crippen molar-refractivity contribution < 1.29 is 9.84 Å². The molecule has 2 aromatic rings. The van der Waals surface area contributed by atoms with E-state index in [1.807, 2.05) is 49.4 Å². The number of hydrogen-bond acceptors (Lipinski definition) is 2. The predicted molar refractivity (Wildman–Crippen MR) is 73.3 cm³/mol. The molecule has 2 rings (SSSR count). The van der Waals surface area contributed by atoms with Gasteiger partial charge in [-0.1, -0.05) is 36.7 Å². The molecule has 3 heteroatoms. The number of rotatable bonds is 4. The molecule has 0 aliphatic carbocycles. The number of hydrogen-bond donors (Lipinski definition) is 1. The van der Waals surface area contributed by atoms with Gasteiger partial charge in [0.1, 0.15) is 11.5 Å². The van der Waals surface area contributed by atoms with Crippen molar-refractivity contribution in [3.05, 3.63) is 58.6 Å². The summed E-state index contributed by atoms with van der Waals surface area (Å²) in [6.45, 7) is 2.01. The summed E-state index contributed by atoms with van der Waals surface area (Å²) in [6, 6.07) is 13.0. The average molecular weight is 263 g/mol. The van der Waals surface area contributed by atoms with Gasteiger partial charge in [-0.05, 0) is 36.2 Å². The highest BCUT2D eigenvalue weighted by molar-refractivity contribution is 6.31. The van der Waals surface area contributed by atoms with Gasteiger partial charge in [0.25, 0.3) is 0 Å². The second-order valence-corrected chi connectivity index (χ2v) is 4.38. The Morgan fingerprint density at radius 3 is 2.61 bits per heavy atom. The number of para-hydroxylation sites is 1. The molecule has 2 nitrogen and oxygen atoms in total. The van der Waals surface area contributed by atoms with Crippen LogP contribution in [0, 0.1) is 0 Å². The fourth-order valence-corrected chi connectivity index (χ4v) is 2.00. The summed E-state index contributed by atoms with van der Waals surface area (Å²) in [7, 11) is 0. The highest BCUT2D eigenvalue weighted by Gasteiger charge is 2.05. The van der Waals surface area contributed by atoms with Crippen LogP contribution in [0.3, 0.4) is 0 Å². The van der Waals surface area contributed by atoms with Gasteiger partial charge in [-0.2, -0.15) is 0 Å². The molecule has 0 aromatic heterocycles. The van der Waals surface area contributed by atoms with Crippen LogP contribution in [-0.4, -0.2) is 5.11 Å². The maximum Gasteiger partial charge on any atom is 0.132 e. The molecule has 0 unspecified atom stereocenters. The summed E-state index contributed by atoms with van der Waals surface area (Å²) in [6.07, 6.45) is 0.859. The summed E-state index contributed by atoms with van der Waals surface area (Å²) in [5.74, 6) is 1.40. The number of ether oxygens (including phenoxy) is 1. The summed E-state index contributed by atoms with van der Waals surface area (Å²) >= 11 is 6.06. The molecule has 0 saturated carbocycles. The monoisotopic (exact) mass is 262 g/mol. The first kappa shape index (κ1) is 12.9. The van der Waals surface area contributed by atoms with E-state index >= 15 is 0 Å². The zero-order valence-electron chi connectivity index (χ0n) is 10.2. The molecule has 18 heavy (non-hydrogen) atoms. The van der Waals surface area contributed by atoms with Crippen LogP contribution in [0.5, 0.6) is 11.5 Å². The lowest BCUT2D eigenvalue weighted by molar-refractivity contribution is 0.276. The third kappa shape index (κ3) is 2.84. The number of halogens is 1. The van der Waals surface area contributed by atoms with Gasteiger partial charge in [0.15, 0.2) is 0 Å². The standard InChI is InChI=1S/C15H15ClO2/c1-2-11-9-13(7-8-14(11)16)18-15-6-4-3-5-12(15)10-17/h3-9,17H,2,10H2,1H3. The quantitative estimate of drug-likeness (QED) is 0.895. The van der Waals surface area contributed by atoms with Gasteiger partial charge in [-0.25, -0.2) is 0 Å². The largest absolute Gasteiger partial charge is 0.457 e. The zero-order valence-corrected chi connectivity index (χ0v) is 10.9. The van der Waals surface area contributed by atoms with Crippen molar-refractivity contribution >= 4 is 11.6 Å². The average Bonchev–Trinajstić information content (AvgIpc) is 2.41. The molecular formula is C15H15ClO2. The predicted octanol–water partition coefficient (Wildman–Crippen LogP) is 4.19. The first-order valence-corrected chi connectivity index (χ1v) is 6.27. The molecule has 0 amide bonds. The lowest BCUT2D eigenvalue weighted by Gasteiger charge is -2.11. The number of aliphatic hydroxyl groups is 1. The van der Waals surface area contributed by atoms with Crippen LogP contribution in [0.1, 0.15) is 18.1 Å². The van der Waals surface area contributed by atoms with E-state index in [4.69, 9.17) is 16.3 Å². The molecule has 2 aromatic carbocycles. The Labute approximate surface area is 112 Å². The highest BCUT2D eigenvalue weighted by Crippen LogP contribution is 2.28. The summed E-state index contributed by atoms with van der Waals surface area (Å²) in [4.78, 5) is 0. The van der Waals surface area contributed by atoms with Gasteiger partial charge >= 0.3 is 0 Å². The lowest BCUT2D eigenvalue weighted by atomic mass is 10.1. The van der Waals surface area contributed by atoms with Crippen LogP contribution >= 0.6 is 11.6 Å². The maximum absolute atomic E-state index is 9.24. The first-order chi connectivity index (χ1) is 8.74. The summed E-state index contributed by atoms with van der Waals surface area (Å²) in [5, 5.41) is 9.99. The van der Waals surface area contributed by atoms with E-state index in [2.05, 4.69) is 0 Å². The van der Waals surface area contributed by atoms with Crippen molar-refractivity contribution in [2.45, 2.75) is 20.0 Å².